The summed E-state index contributed by atoms with van der Waals surface area (Å²) in [4.78, 5) is 12.8. The lowest BCUT2D eigenvalue weighted by atomic mass is 10.1. The van der Waals surface area contributed by atoms with Gasteiger partial charge in [0.2, 0.25) is 5.13 Å². The van der Waals surface area contributed by atoms with Crippen molar-refractivity contribution in [1.82, 2.24) is 10.2 Å². The van der Waals surface area contributed by atoms with E-state index >= 15 is 0 Å². The average Bonchev–Trinajstić information content (AvgIpc) is 3.23. The predicted octanol–water partition coefficient (Wildman–Crippen LogP) is 5.22. The van der Waals surface area contributed by atoms with Gasteiger partial charge in [-0.25, -0.2) is 8.42 Å². The minimum atomic E-state index is -3.87. The topological polar surface area (TPSA) is 101 Å². The quantitative estimate of drug-likeness (QED) is 0.390. The van der Waals surface area contributed by atoms with Crippen molar-refractivity contribution in [3.8, 4) is 10.6 Å². The minimum Gasteiger partial charge on any atom is -0.296 e. The van der Waals surface area contributed by atoms with Gasteiger partial charge in [-0.1, -0.05) is 59.3 Å². The van der Waals surface area contributed by atoms with Crippen LogP contribution < -0.4 is 10.0 Å². The van der Waals surface area contributed by atoms with Gasteiger partial charge in [-0.2, -0.15) is 0 Å². The van der Waals surface area contributed by atoms with Crippen molar-refractivity contribution >= 4 is 49.7 Å². The highest BCUT2D eigenvalue weighted by Crippen LogP contribution is 2.28. The van der Waals surface area contributed by atoms with Crippen LogP contribution in [0.15, 0.2) is 77.7 Å². The molecule has 10 heteroatoms. The van der Waals surface area contributed by atoms with Gasteiger partial charge in [0.1, 0.15) is 5.01 Å². The number of para-hydroxylation sites is 1. The summed E-state index contributed by atoms with van der Waals surface area (Å²) < 4.78 is 28.3. The molecule has 0 unspecified atom stereocenters. The molecule has 0 saturated heterocycles. The zero-order valence-electron chi connectivity index (χ0n) is 16.7. The summed E-state index contributed by atoms with van der Waals surface area (Å²) in [6.07, 6.45) is 0. The van der Waals surface area contributed by atoms with Crippen LogP contribution >= 0.6 is 22.9 Å². The molecule has 2 N–H and O–H groups in total. The summed E-state index contributed by atoms with van der Waals surface area (Å²) in [5.41, 5.74) is 1.96. The molecular weight excluding hydrogens is 468 g/mol. The third kappa shape index (κ3) is 4.96. The second kappa shape index (κ2) is 9.07. The van der Waals surface area contributed by atoms with Gasteiger partial charge in [-0.3, -0.25) is 14.8 Å². The summed E-state index contributed by atoms with van der Waals surface area (Å²) in [5, 5.41) is 12.3. The van der Waals surface area contributed by atoms with Crippen molar-refractivity contribution in [2.24, 2.45) is 0 Å². The molecule has 0 atom stereocenters. The van der Waals surface area contributed by atoms with Crippen LogP contribution in [0.5, 0.6) is 0 Å². The number of nitrogens with zero attached hydrogens (tertiary/aromatic N) is 2. The molecule has 0 radical (unpaired) electrons. The van der Waals surface area contributed by atoms with Gasteiger partial charge >= 0.3 is 0 Å². The zero-order valence-corrected chi connectivity index (χ0v) is 19.1. The number of amides is 1. The van der Waals surface area contributed by atoms with Crippen molar-refractivity contribution in [2.75, 3.05) is 10.0 Å². The van der Waals surface area contributed by atoms with E-state index in [1.54, 1.807) is 61.5 Å². The first-order valence-electron chi connectivity index (χ1n) is 9.41. The molecule has 3 aromatic carbocycles. The van der Waals surface area contributed by atoms with Crippen molar-refractivity contribution < 1.29 is 13.2 Å². The van der Waals surface area contributed by atoms with E-state index < -0.39 is 15.9 Å². The first-order valence-corrected chi connectivity index (χ1v) is 12.1. The molecule has 7 nitrogen and oxygen atoms in total. The highest BCUT2D eigenvalue weighted by Gasteiger charge is 2.20. The van der Waals surface area contributed by atoms with E-state index in [-0.39, 0.29) is 10.5 Å². The Morgan fingerprint density at radius 3 is 2.41 bits per heavy atom. The van der Waals surface area contributed by atoms with E-state index in [0.717, 1.165) is 5.56 Å². The van der Waals surface area contributed by atoms with E-state index in [1.165, 1.54) is 17.4 Å². The smallest absolute Gasteiger partial charge is 0.262 e. The summed E-state index contributed by atoms with van der Waals surface area (Å²) in [5.74, 6) is -0.486. The lowest BCUT2D eigenvalue weighted by Gasteiger charge is -2.12. The lowest BCUT2D eigenvalue weighted by Crippen LogP contribution is -2.17. The van der Waals surface area contributed by atoms with E-state index in [2.05, 4.69) is 20.2 Å². The largest absolute Gasteiger partial charge is 0.296 e. The molecule has 32 heavy (non-hydrogen) atoms. The molecule has 4 rings (SSSR count). The summed E-state index contributed by atoms with van der Waals surface area (Å²) in [6.45, 7) is 1.67. The fourth-order valence-electron chi connectivity index (χ4n) is 2.90. The Hall–Kier alpha value is -3.27. The number of carbonyl (C=O) groups is 1. The van der Waals surface area contributed by atoms with Crippen LogP contribution in [0.1, 0.15) is 15.9 Å². The van der Waals surface area contributed by atoms with Crippen LogP contribution in [0.2, 0.25) is 5.02 Å². The van der Waals surface area contributed by atoms with Gasteiger partial charge in [0.15, 0.2) is 0 Å². The standard InChI is InChI=1S/C22H17ClN4O3S2/c1-14-7-8-16(13-19(14)32(29,30)27-18-5-3-2-4-6-18)20(28)24-22-26-25-21(31-22)15-9-11-17(23)12-10-15/h2-13,27H,1H3,(H,24,26,28). The van der Waals surface area contributed by atoms with E-state index in [9.17, 15) is 13.2 Å². The maximum absolute atomic E-state index is 12.9. The normalized spacial score (nSPS) is 11.2. The number of aryl methyl sites for hydroxylation is 1. The van der Waals surface area contributed by atoms with Crippen molar-refractivity contribution in [3.05, 3.63) is 88.9 Å². The molecule has 1 amide bonds. The number of hydrogen-bond donors (Lipinski definition) is 2. The molecule has 0 saturated carbocycles. The number of nitrogens with one attached hydrogen (secondary N) is 2. The number of anilines is 2. The average molecular weight is 485 g/mol. The van der Waals surface area contributed by atoms with Crippen LogP contribution in [-0.4, -0.2) is 24.5 Å². The molecule has 162 valence electrons. The van der Waals surface area contributed by atoms with E-state index in [0.29, 0.717) is 26.4 Å². The van der Waals surface area contributed by atoms with Gasteiger partial charge in [-0.05, 0) is 48.9 Å². The Labute approximate surface area is 194 Å². The fraction of sp³-hybridized carbons (Fsp3) is 0.0455. The van der Waals surface area contributed by atoms with Crippen LogP contribution in [0.25, 0.3) is 10.6 Å². The third-order valence-corrected chi connectivity index (χ3v) is 7.17. The molecule has 1 aromatic heterocycles. The minimum absolute atomic E-state index is 0.0214. The number of carbonyl (C=O) groups excluding carboxylic acids is 1. The fourth-order valence-corrected chi connectivity index (χ4v) is 5.10. The lowest BCUT2D eigenvalue weighted by molar-refractivity contribution is 0.102. The second-order valence-corrected chi connectivity index (χ2v) is 9.89. The van der Waals surface area contributed by atoms with Gasteiger partial charge in [0.05, 0.1) is 4.90 Å². The summed E-state index contributed by atoms with van der Waals surface area (Å²) in [7, 11) is -3.87. The predicted molar refractivity (Wildman–Crippen MR) is 127 cm³/mol. The van der Waals surface area contributed by atoms with Crippen molar-refractivity contribution in [1.29, 1.82) is 0 Å². The number of aromatic nitrogens is 2. The molecule has 4 aromatic rings. The van der Waals surface area contributed by atoms with Gasteiger partial charge in [0.25, 0.3) is 15.9 Å². The first kappa shape index (κ1) is 21.9. The summed E-state index contributed by atoms with van der Waals surface area (Å²) >= 11 is 7.11. The molecule has 0 aliphatic carbocycles. The molecule has 0 bridgehead atoms. The Morgan fingerprint density at radius 2 is 1.69 bits per heavy atom. The van der Waals surface area contributed by atoms with Gasteiger partial charge in [-0.15, -0.1) is 10.2 Å². The molecular formula is C22H17ClN4O3S2. The number of benzene rings is 3. The molecule has 1 heterocycles. The monoisotopic (exact) mass is 484 g/mol. The molecule has 0 aliphatic heterocycles. The Balaban J connectivity index is 1.54. The maximum Gasteiger partial charge on any atom is 0.262 e. The Kier molecular flexibility index (Phi) is 6.22. The highest BCUT2D eigenvalue weighted by atomic mass is 35.5. The Bertz CT molecular complexity index is 1370. The summed E-state index contributed by atoms with van der Waals surface area (Å²) in [6, 6.07) is 20.2. The maximum atomic E-state index is 12.9. The Morgan fingerprint density at radius 1 is 0.969 bits per heavy atom. The SMILES string of the molecule is Cc1ccc(C(=O)Nc2nnc(-c3ccc(Cl)cc3)s2)cc1S(=O)(=O)Nc1ccccc1. The molecule has 0 fully saturated rings. The van der Waals surface area contributed by atoms with Crippen molar-refractivity contribution in [3.63, 3.8) is 0 Å². The second-order valence-electron chi connectivity index (χ2n) is 6.83. The number of sulfonamides is 1. The van der Waals surface area contributed by atoms with Crippen LogP contribution in [0.3, 0.4) is 0 Å². The van der Waals surface area contributed by atoms with Crippen LogP contribution in [0.4, 0.5) is 10.8 Å². The van der Waals surface area contributed by atoms with Crippen LogP contribution in [-0.2, 0) is 10.0 Å². The molecule has 0 aliphatic rings. The third-order valence-electron chi connectivity index (χ3n) is 4.50. The van der Waals surface area contributed by atoms with Gasteiger partial charge in [0, 0.05) is 21.8 Å². The first-order chi connectivity index (χ1) is 15.3. The zero-order chi connectivity index (χ0) is 22.7. The van der Waals surface area contributed by atoms with E-state index in [4.69, 9.17) is 11.6 Å². The van der Waals surface area contributed by atoms with E-state index in [1.807, 2.05) is 12.1 Å². The number of hydrogen-bond acceptors (Lipinski definition) is 6. The van der Waals surface area contributed by atoms with Crippen LogP contribution in [0, 0.1) is 6.92 Å². The van der Waals surface area contributed by atoms with Crippen molar-refractivity contribution in [2.45, 2.75) is 11.8 Å². The highest BCUT2D eigenvalue weighted by molar-refractivity contribution is 7.92. The number of rotatable bonds is 6. The van der Waals surface area contributed by atoms with Gasteiger partial charge < -0.3 is 0 Å². The molecule has 0 spiro atoms. The number of halogens is 1.